The minimum Gasteiger partial charge on any atom is -0.309 e. The fraction of sp³-hybridized carbons (Fsp3) is 0.625. The number of nitrogens with one attached hydrogen (secondary N) is 1. The maximum absolute atomic E-state index is 3.61. The van der Waals surface area contributed by atoms with E-state index in [1.54, 1.807) is 0 Å². The van der Waals surface area contributed by atoms with Gasteiger partial charge >= 0.3 is 0 Å². The summed E-state index contributed by atoms with van der Waals surface area (Å²) in [5.41, 5.74) is 1.90. The van der Waals surface area contributed by atoms with Gasteiger partial charge in [0, 0.05) is 19.1 Å². The summed E-state index contributed by atoms with van der Waals surface area (Å²) in [5, 5.41) is 3.61. The first-order chi connectivity index (χ1) is 8.61. The van der Waals surface area contributed by atoms with Crippen LogP contribution in [-0.4, -0.2) is 31.1 Å². The van der Waals surface area contributed by atoms with Crippen molar-refractivity contribution in [1.29, 1.82) is 0 Å². The largest absolute Gasteiger partial charge is 0.309 e. The molecule has 1 atom stereocenters. The average Bonchev–Trinajstić information content (AvgIpc) is 2.69. The number of hydrogen-bond donors (Lipinski definition) is 1. The number of hydrogen-bond acceptors (Lipinski definition) is 2. The summed E-state index contributed by atoms with van der Waals surface area (Å²) in [6, 6.07) is 11.3. The Kier molecular flexibility index (Phi) is 4.41. The molecule has 0 amide bonds. The second-order valence-electron chi connectivity index (χ2n) is 6.17. The third-order valence-electron chi connectivity index (χ3n) is 3.85. The lowest BCUT2D eigenvalue weighted by atomic mass is 9.93. The van der Waals surface area contributed by atoms with Gasteiger partial charge in [-0.25, -0.2) is 0 Å². The van der Waals surface area contributed by atoms with Gasteiger partial charge in [-0.2, -0.15) is 0 Å². The molecule has 1 aromatic rings. The van der Waals surface area contributed by atoms with Gasteiger partial charge in [0.15, 0.2) is 0 Å². The fourth-order valence-electron chi connectivity index (χ4n) is 2.86. The van der Waals surface area contributed by atoms with E-state index in [-0.39, 0.29) is 0 Å². The molecule has 1 aliphatic rings. The smallest absolute Gasteiger partial charge is 0.0449 e. The highest BCUT2D eigenvalue weighted by Gasteiger charge is 2.30. The monoisotopic (exact) mass is 246 g/mol. The van der Waals surface area contributed by atoms with Gasteiger partial charge in [0.1, 0.15) is 0 Å². The van der Waals surface area contributed by atoms with Crippen LogP contribution in [0.1, 0.15) is 38.8 Å². The van der Waals surface area contributed by atoms with Crippen LogP contribution in [0.15, 0.2) is 30.3 Å². The molecule has 0 aliphatic carbocycles. The molecule has 0 saturated carbocycles. The molecular formula is C16H26N2. The van der Waals surface area contributed by atoms with Gasteiger partial charge in [0.05, 0.1) is 0 Å². The van der Waals surface area contributed by atoms with Gasteiger partial charge in [0.25, 0.3) is 0 Å². The molecule has 1 aromatic carbocycles. The molecule has 1 N–H and O–H groups in total. The third-order valence-corrected chi connectivity index (χ3v) is 3.85. The maximum atomic E-state index is 3.61. The summed E-state index contributed by atoms with van der Waals surface area (Å²) in [6.45, 7) is 11.5. The normalized spacial score (nSPS) is 21.1. The molecule has 1 aliphatic heterocycles. The Morgan fingerprint density at radius 1 is 1.28 bits per heavy atom. The van der Waals surface area contributed by atoms with Crippen LogP contribution in [-0.2, 0) is 0 Å². The van der Waals surface area contributed by atoms with E-state index in [4.69, 9.17) is 0 Å². The van der Waals surface area contributed by atoms with Crippen molar-refractivity contribution >= 4 is 0 Å². The molecule has 2 rings (SSSR count). The molecule has 2 heteroatoms. The highest BCUT2D eigenvalue weighted by Crippen LogP contribution is 2.30. The van der Waals surface area contributed by atoms with Crippen molar-refractivity contribution in [3.63, 3.8) is 0 Å². The zero-order valence-electron chi connectivity index (χ0n) is 11.9. The molecule has 0 spiro atoms. The van der Waals surface area contributed by atoms with Crippen LogP contribution in [0.25, 0.3) is 0 Å². The Labute approximate surface area is 111 Å². The van der Waals surface area contributed by atoms with E-state index in [0.717, 1.165) is 13.1 Å². The van der Waals surface area contributed by atoms with Crippen molar-refractivity contribution in [3.05, 3.63) is 35.9 Å². The Hall–Kier alpha value is -0.860. The summed E-state index contributed by atoms with van der Waals surface area (Å²) >= 11 is 0. The summed E-state index contributed by atoms with van der Waals surface area (Å²) in [5.74, 6) is 0. The first-order valence-corrected chi connectivity index (χ1v) is 7.11. The first-order valence-electron chi connectivity index (χ1n) is 7.11. The number of likely N-dealkylation sites (N-methyl/N-ethyl adjacent to an activating group) is 1. The lowest BCUT2D eigenvalue weighted by Gasteiger charge is -2.26. The van der Waals surface area contributed by atoms with Crippen molar-refractivity contribution in [2.75, 3.05) is 26.2 Å². The van der Waals surface area contributed by atoms with E-state index in [1.165, 1.54) is 25.1 Å². The fourth-order valence-corrected chi connectivity index (χ4v) is 2.86. The second-order valence-corrected chi connectivity index (χ2v) is 6.17. The van der Waals surface area contributed by atoms with Gasteiger partial charge in [-0.05, 0) is 30.5 Å². The van der Waals surface area contributed by atoms with E-state index in [2.05, 4.69) is 61.3 Å². The predicted octanol–water partition coefficient (Wildman–Crippen LogP) is 3.07. The zero-order chi connectivity index (χ0) is 13.0. The van der Waals surface area contributed by atoms with Crippen molar-refractivity contribution in [2.45, 2.75) is 33.2 Å². The number of likely N-dealkylation sites (tertiary alicyclic amines) is 1. The minimum atomic E-state index is 0.463. The molecule has 1 fully saturated rings. The summed E-state index contributed by atoms with van der Waals surface area (Å²) in [4.78, 5) is 2.60. The number of nitrogens with zero attached hydrogens (tertiary/aromatic N) is 1. The van der Waals surface area contributed by atoms with E-state index in [0.29, 0.717) is 11.5 Å². The zero-order valence-corrected chi connectivity index (χ0v) is 11.9. The molecule has 100 valence electrons. The highest BCUT2D eigenvalue weighted by molar-refractivity contribution is 5.19. The second kappa shape index (κ2) is 5.85. The Morgan fingerprint density at radius 2 is 2.00 bits per heavy atom. The van der Waals surface area contributed by atoms with Crippen molar-refractivity contribution < 1.29 is 0 Å². The number of rotatable bonds is 5. The lowest BCUT2D eigenvalue weighted by molar-refractivity contribution is 0.262. The van der Waals surface area contributed by atoms with Crippen LogP contribution in [0.4, 0.5) is 0 Å². The van der Waals surface area contributed by atoms with Crippen LogP contribution in [0, 0.1) is 5.41 Å². The summed E-state index contributed by atoms with van der Waals surface area (Å²) < 4.78 is 0. The molecule has 0 bridgehead atoms. The molecular weight excluding hydrogens is 220 g/mol. The van der Waals surface area contributed by atoms with E-state index in [1.807, 2.05) is 0 Å². The SMILES string of the molecule is CCNC(CN1CCC(C)(C)C1)c1ccccc1. The standard InChI is InChI=1S/C16H26N2/c1-4-17-15(14-8-6-5-7-9-14)12-18-11-10-16(2,3)13-18/h5-9,15,17H,4,10-13H2,1-3H3. The van der Waals surface area contributed by atoms with Gasteiger partial charge in [0.2, 0.25) is 0 Å². The quantitative estimate of drug-likeness (QED) is 0.859. The van der Waals surface area contributed by atoms with Crippen molar-refractivity contribution in [1.82, 2.24) is 10.2 Å². The molecule has 18 heavy (non-hydrogen) atoms. The topological polar surface area (TPSA) is 15.3 Å². The van der Waals surface area contributed by atoms with E-state index < -0.39 is 0 Å². The third kappa shape index (κ3) is 3.56. The van der Waals surface area contributed by atoms with Gasteiger partial charge in [-0.3, -0.25) is 0 Å². The average molecular weight is 246 g/mol. The van der Waals surface area contributed by atoms with Crippen molar-refractivity contribution in [3.8, 4) is 0 Å². The summed E-state index contributed by atoms with van der Waals surface area (Å²) in [7, 11) is 0. The van der Waals surface area contributed by atoms with Crippen LogP contribution in [0.3, 0.4) is 0 Å². The number of benzene rings is 1. The van der Waals surface area contributed by atoms with Crippen LogP contribution >= 0.6 is 0 Å². The lowest BCUT2D eigenvalue weighted by Crippen LogP contribution is -2.34. The van der Waals surface area contributed by atoms with Gasteiger partial charge in [-0.1, -0.05) is 51.1 Å². The molecule has 1 unspecified atom stereocenters. The highest BCUT2D eigenvalue weighted by atomic mass is 15.2. The Balaban J connectivity index is 1.99. The molecule has 1 heterocycles. The first kappa shape index (κ1) is 13.6. The van der Waals surface area contributed by atoms with Crippen LogP contribution in [0.2, 0.25) is 0 Å². The van der Waals surface area contributed by atoms with Gasteiger partial charge < -0.3 is 10.2 Å². The Bertz CT molecular complexity index is 359. The van der Waals surface area contributed by atoms with Crippen molar-refractivity contribution in [2.24, 2.45) is 5.41 Å². The molecule has 0 radical (unpaired) electrons. The van der Waals surface area contributed by atoms with Gasteiger partial charge in [-0.15, -0.1) is 0 Å². The van der Waals surface area contributed by atoms with E-state index >= 15 is 0 Å². The molecule has 2 nitrogen and oxygen atoms in total. The Morgan fingerprint density at radius 3 is 2.56 bits per heavy atom. The predicted molar refractivity (Wildman–Crippen MR) is 77.7 cm³/mol. The van der Waals surface area contributed by atoms with E-state index in [9.17, 15) is 0 Å². The molecule has 0 aromatic heterocycles. The van der Waals surface area contributed by atoms with Crippen LogP contribution < -0.4 is 5.32 Å². The maximum Gasteiger partial charge on any atom is 0.0449 e. The minimum absolute atomic E-state index is 0.463. The van der Waals surface area contributed by atoms with Crippen LogP contribution in [0.5, 0.6) is 0 Å². The molecule has 1 saturated heterocycles. The summed E-state index contributed by atoms with van der Waals surface area (Å²) in [6.07, 6.45) is 1.32.